The zero-order valence-corrected chi connectivity index (χ0v) is 22.5. The van der Waals surface area contributed by atoms with Crippen molar-refractivity contribution in [2.75, 3.05) is 5.75 Å². The van der Waals surface area contributed by atoms with Crippen molar-refractivity contribution in [1.82, 2.24) is 10.2 Å². The predicted molar refractivity (Wildman–Crippen MR) is 146 cm³/mol. The van der Waals surface area contributed by atoms with E-state index < -0.39 is 6.04 Å². The van der Waals surface area contributed by atoms with Gasteiger partial charge in [0.25, 0.3) is 0 Å². The van der Waals surface area contributed by atoms with Crippen molar-refractivity contribution in [3.05, 3.63) is 99.5 Å². The number of halogens is 2. The maximum Gasteiger partial charge on any atom is 0.243 e. The topological polar surface area (TPSA) is 49.4 Å². The fraction of sp³-hybridized carbons (Fsp3) is 0.286. The van der Waals surface area contributed by atoms with Gasteiger partial charge in [-0.15, -0.1) is 11.8 Å². The van der Waals surface area contributed by atoms with Gasteiger partial charge in [-0.1, -0.05) is 77.3 Å². The smallest absolute Gasteiger partial charge is 0.243 e. The number of amides is 2. The van der Waals surface area contributed by atoms with E-state index in [2.05, 4.69) is 5.32 Å². The zero-order chi connectivity index (χ0) is 25.4. The van der Waals surface area contributed by atoms with Crippen molar-refractivity contribution in [3.8, 4) is 0 Å². The summed E-state index contributed by atoms with van der Waals surface area (Å²) in [5, 5.41) is 3.97. The monoisotopic (exact) mass is 528 g/mol. The van der Waals surface area contributed by atoms with Crippen LogP contribution in [0.5, 0.6) is 0 Å². The number of thioether (sulfide) groups is 1. The lowest BCUT2D eigenvalue weighted by Gasteiger charge is -2.32. The van der Waals surface area contributed by atoms with E-state index in [-0.39, 0.29) is 30.2 Å². The summed E-state index contributed by atoms with van der Waals surface area (Å²) in [6.45, 7) is 6.05. The Balaban J connectivity index is 1.93. The first-order valence-corrected chi connectivity index (χ1v) is 13.2. The molecular formula is C28H30Cl2N2O2S. The Bertz CT molecular complexity index is 1140. The van der Waals surface area contributed by atoms with Crippen LogP contribution in [0.4, 0.5) is 0 Å². The van der Waals surface area contributed by atoms with Gasteiger partial charge in [-0.3, -0.25) is 9.59 Å². The SMILES string of the molecule is Cc1ccc(SCC(=O)N(Cc2ccc(Cl)cc2Cl)C(Cc2ccccc2)C(=O)NC(C)C)cc1. The Morgan fingerprint density at radius 3 is 2.29 bits per heavy atom. The molecule has 0 fully saturated rings. The second kappa shape index (κ2) is 13.0. The van der Waals surface area contributed by atoms with Gasteiger partial charge in [0.2, 0.25) is 11.8 Å². The molecule has 3 rings (SSSR count). The summed E-state index contributed by atoms with van der Waals surface area (Å²) in [5.74, 6) is -0.127. The van der Waals surface area contributed by atoms with E-state index in [1.807, 2.05) is 75.4 Å². The standard InChI is InChI=1S/C28H30Cl2N2O2S/c1-19(2)31-28(34)26(15-21-7-5-4-6-8-21)32(17-22-11-12-23(29)16-25(22)30)27(33)18-35-24-13-9-20(3)10-14-24/h4-14,16,19,26H,15,17-18H2,1-3H3,(H,31,34). The second-order valence-corrected chi connectivity index (χ2v) is 10.6. The molecule has 3 aromatic rings. The van der Waals surface area contributed by atoms with Crippen molar-refractivity contribution >= 4 is 46.8 Å². The van der Waals surface area contributed by atoms with Gasteiger partial charge in [0.05, 0.1) is 5.75 Å². The first-order chi connectivity index (χ1) is 16.7. The Morgan fingerprint density at radius 2 is 1.66 bits per heavy atom. The number of nitrogens with zero attached hydrogens (tertiary/aromatic N) is 1. The third-order valence-corrected chi connectivity index (χ3v) is 7.02. The van der Waals surface area contributed by atoms with Crippen LogP contribution in [0, 0.1) is 6.92 Å². The normalized spacial score (nSPS) is 11.8. The average molecular weight is 530 g/mol. The third-order valence-electron chi connectivity index (χ3n) is 5.44. The molecule has 7 heteroatoms. The number of hydrogen-bond donors (Lipinski definition) is 1. The zero-order valence-electron chi connectivity index (χ0n) is 20.1. The van der Waals surface area contributed by atoms with Crippen LogP contribution in [0.25, 0.3) is 0 Å². The molecule has 1 unspecified atom stereocenters. The quantitative estimate of drug-likeness (QED) is 0.303. The number of aryl methyl sites for hydroxylation is 1. The predicted octanol–water partition coefficient (Wildman–Crippen LogP) is 6.56. The number of rotatable bonds is 10. The van der Waals surface area contributed by atoms with Crippen molar-refractivity contribution in [1.29, 1.82) is 0 Å². The highest BCUT2D eigenvalue weighted by Crippen LogP contribution is 2.26. The molecule has 4 nitrogen and oxygen atoms in total. The Labute approximate surface area is 222 Å². The Morgan fingerprint density at radius 1 is 0.971 bits per heavy atom. The van der Waals surface area contributed by atoms with Crippen molar-refractivity contribution < 1.29 is 9.59 Å². The number of carbonyl (C=O) groups excluding carboxylic acids is 2. The minimum absolute atomic E-state index is 0.0567. The largest absolute Gasteiger partial charge is 0.352 e. The molecule has 184 valence electrons. The molecule has 0 spiro atoms. The summed E-state index contributed by atoms with van der Waals surface area (Å²) in [5.41, 5.74) is 2.87. The van der Waals surface area contributed by atoms with E-state index in [1.54, 1.807) is 23.1 Å². The van der Waals surface area contributed by atoms with E-state index >= 15 is 0 Å². The first-order valence-electron chi connectivity index (χ1n) is 11.5. The van der Waals surface area contributed by atoms with Gasteiger partial charge in [0.1, 0.15) is 6.04 Å². The highest BCUT2D eigenvalue weighted by Gasteiger charge is 2.31. The molecule has 0 bridgehead atoms. The third kappa shape index (κ3) is 8.31. The molecule has 1 atom stereocenters. The van der Waals surface area contributed by atoms with Gasteiger partial charge < -0.3 is 10.2 Å². The van der Waals surface area contributed by atoms with Crippen LogP contribution >= 0.6 is 35.0 Å². The van der Waals surface area contributed by atoms with Crippen LogP contribution in [-0.4, -0.2) is 34.6 Å². The molecule has 2 amide bonds. The van der Waals surface area contributed by atoms with E-state index in [0.29, 0.717) is 16.5 Å². The Hall–Kier alpha value is -2.47. The highest BCUT2D eigenvalue weighted by molar-refractivity contribution is 8.00. The van der Waals surface area contributed by atoms with Gasteiger partial charge in [0.15, 0.2) is 0 Å². The summed E-state index contributed by atoms with van der Waals surface area (Å²) in [4.78, 5) is 29.7. The molecule has 0 aliphatic heterocycles. The van der Waals surface area contributed by atoms with Gasteiger partial charge in [0, 0.05) is 33.9 Å². The maximum absolute atomic E-state index is 13.6. The van der Waals surface area contributed by atoms with Gasteiger partial charge >= 0.3 is 0 Å². The van der Waals surface area contributed by atoms with Gasteiger partial charge in [-0.25, -0.2) is 0 Å². The highest BCUT2D eigenvalue weighted by atomic mass is 35.5. The van der Waals surface area contributed by atoms with E-state index in [9.17, 15) is 9.59 Å². The first kappa shape index (κ1) is 27.1. The molecular weight excluding hydrogens is 499 g/mol. The van der Waals surface area contributed by atoms with Crippen molar-refractivity contribution in [2.24, 2.45) is 0 Å². The lowest BCUT2D eigenvalue weighted by molar-refractivity contribution is -0.139. The minimum Gasteiger partial charge on any atom is -0.352 e. The average Bonchev–Trinajstić information content (AvgIpc) is 2.82. The molecule has 0 aliphatic carbocycles. The molecule has 0 radical (unpaired) electrons. The summed E-state index contributed by atoms with van der Waals surface area (Å²) in [6, 6.07) is 22.2. The molecule has 35 heavy (non-hydrogen) atoms. The summed E-state index contributed by atoms with van der Waals surface area (Å²) < 4.78 is 0. The van der Waals surface area contributed by atoms with Crippen LogP contribution in [0.15, 0.2) is 77.7 Å². The molecule has 3 aromatic carbocycles. The lowest BCUT2D eigenvalue weighted by atomic mass is 10.0. The van der Waals surface area contributed by atoms with Crippen molar-refractivity contribution in [3.63, 3.8) is 0 Å². The number of benzene rings is 3. The van der Waals surface area contributed by atoms with Crippen LogP contribution in [0.2, 0.25) is 10.0 Å². The molecule has 0 saturated carbocycles. The van der Waals surface area contributed by atoms with Crippen LogP contribution < -0.4 is 5.32 Å². The van der Waals surface area contributed by atoms with Crippen LogP contribution in [0.1, 0.15) is 30.5 Å². The fourth-order valence-electron chi connectivity index (χ4n) is 3.63. The van der Waals surface area contributed by atoms with E-state index in [4.69, 9.17) is 23.2 Å². The number of hydrogen-bond acceptors (Lipinski definition) is 3. The van der Waals surface area contributed by atoms with E-state index in [0.717, 1.165) is 21.6 Å². The molecule has 0 aromatic heterocycles. The second-order valence-electron chi connectivity index (χ2n) is 8.73. The van der Waals surface area contributed by atoms with E-state index in [1.165, 1.54) is 11.8 Å². The fourth-order valence-corrected chi connectivity index (χ4v) is 4.88. The summed E-state index contributed by atoms with van der Waals surface area (Å²) >= 11 is 14.0. The van der Waals surface area contributed by atoms with Gasteiger partial charge in [-0.05, 0) is 56.2 Å². The minimum atomic E-state index is -0.697. The molecule has 0 aliphatic rings. The number of carbonyl (C=O) groups is 2. The van der Waals surface area contributed by atoms with Crippen molar-refractivity contribution in [2.45, 2.75) is 50.7 Å². The summed E-state index contributed by atoms with van der Waals surface area (Å²) in [7, 11) is 0. The number of nitrogens with one attached hydrogen (secondary N) is 1. The van der Waals surface area contributed by atoms with Crippen LogP contribution in [0.3, 0.4) is 0 Å². The summed E-state index contributed by atoms with van der Waals surface area (Å²) in [6.07, 6.45) is 0.394. The van der Waals surface area contributed by atoms with Crippen LogP contribution in [-0.2, 0) is 22.6 Å². The van der Waals surface area contributed by atoms with Gasteiger partial charge in [-0.2, -0.15) is 0 Å². The maximum atomic E-state index is 13.6. The molecule has 0 heterocycles. The molecule has 0 saturated heterocycles. The Kier molecular flexibility index (Phi) is 10.1. The lowest BCUT2D eigenvalue weighted by Crippen LogP contribution is -2.52. The molecule has 1 N–H and O–H groups in total.